The number of rotatable bonds is 5. The number of hydrogen-bond acceptors (Lipinski definition) is 6. The zero-order valence-electron chi connectivity index (χ0n) is 12.5. The molecule has 0 saturated heterocycles. The number of carbonyl (C=O) groups is 3. The Morgan fingerprint density at radius 1 is 1.29 bits per heavy atom. The van der Waals surface area contributed by atoms with Crippen molar-refractivity contribution < 1.29 is 19.1 Å². The molecular weight excluding hydrogens is 278 g/mol. The van der Waals surface area contributed by atoms with E-state index in [9.17, 15) is 14.4 Å². The third-order valence-corrected chi connectivity index (χ3v) is 2.39. The number of hydrogen-bond donors (Lipinski definition) is 2. The van der Waals surface area contributed by atoms with Gasteiger partial charge in [-0.2, -0.15) is 0 Å². The van der Waals surface area contributed by atoms with Gasteiger partial charge in [-0.15, -0.1) is 5.10 Å². The summed E-state index contributed by atoms with van der Waals surface area (Å²) >= 11 is 0. The molecular formula is C12H19N5O4. The van der Waals surface area contributed by atoms with Gasteiger partial charge in [0.2, 0.25) is 5.91 Å². The second-order valence-electron chi connectivity index (χ2n) is 4.90. The Morgan fingerprint density at radius 2 is 1.95 bits per heavy atom. The zero-order chi connectivity index (χ0) is 16.0. The molecule has 2 N–H and O–H groups in total. The Hall–Kier alpha value is -2.45. The van der Waals surface area contributed by atoms with Gasteiger partial charge in [0.05, 0.1) is 12.3 Å². The lowest BCUT2D eigenvalue weighted by Gasteiger charge is -2.07. The van der Waals surface area contributed by atoms with Gasteiger partial charge in [-0.05, 0) is 12.8 Å². The van der Waals surface area contributed by atoms with Gasteiger partial charge in [-0.3, -0.25) is 20.4 Å². The van der Waals surface area contributed by atoms with Crippen LogP contribution in [0.25, 0.3) is 0 Å². The summed E-state index contributed by atoms with van der Waals surface area (Å²) < 4.78 is 6.31. The van der Waals surface area contributed by atoms with Gasteiger partial charge < -0.3 is 4.74 Å². The van der Waals surface area contributed by atoms with Crippen LogP contribution >= 0.6 is 0 Å². The van der Waals surface area contributed by atoms with Crippen LogP contribution in [-0.4, -0.2) is 39.4 Å². The molecule has 1 rings (SSSR count). The van der Waals surface area contributed by atoms with Gasteiger partial charge in [0.25, 0.3) is 5.91 Å². The van der Waals surface area contributed by atoms with Crippen LogP contribution in [0.1, 0.15) is 37.0 Å². The fraction of sp³-hybridized carbons (Fsp3) is 0.583. The first kappa shape index (κ1) is 16.6. The van der Waals surface area contributed by atoms with E-state index in [2.05, 4.69) is 21.2 Å². The van der Waals surface area contributed by atoms with Crippen molar-refractivity contribution in [3.63, 3.8) is 0 Å². The Kier molecular flexibility index (Phi) is 5.82. The minimum Gasteiger partial charge on any atom is -0.461 e. The van der Waals surface area contributed by atoms with Crippen LogP contribution in [0.15, 0.2) is 0 Å². The standard InChI is InChI=1S/C12H19N5O4/c1-7(2)6-21-12(20)11-8(3)17(16-15-11)5-10(19)14-13-9(4)18/h7H,5-6H2,1-4H3,(H,13,18)(H,14,19). The average Bonchev–Trinajstić information content (AvgIpc) is 2.75. The number of nitrogens with zero attached hydrogens (tertiary/aromatic N) is 3. The fourth-order valence-electron chi connectivity index (χ4n) is 1.34. The Balaban J connectivity index is 2.64. The average molecular weight is 297 g/mol. The molecule has 0 atom stereocenters. The summed E-state index contributed by atoms with van der Waals surface area (Å²) in [4.78, 5) is 34.0. The Morgan fingerprint density at radius 3 is 2.52 bits per heavy atom. The van der Waals surface area contributed by atoms with E-state index < -0.39 is 17.8 Å². The van der Waals surface area contributed by atoms with Gasteiger partial charge >= 0.3 is 5.97 Å². The van der Waals surface area contributed by atoms with Crippen LogP contribution < -0.4 is 10.9 Å². The van der Waals surface area contributed by atoms with Crippen LogP contribution in [-0.2, 0) is 20.9 Å². The third-order valence-electron chi connectivity index (χ3n) is 2.39. The number of amides is 2. The lowest BCUT2D eigenvalue weighted by Crippen LogP contribution is -2.42. The topological polar surface area (TPSA) is 115 Å². The highest BCUT2D eigenvalue weighted by Crippen LogP contribution is 2.06. The van der Waals surface area contributed by atoms with Gasteiger partial charge in [-0.1, -0.05) is 19.1 Å². The maximum absolute atomic E-state index is 11.8. The molecule has 0 saturated carbocycles. The summed E-state index contributed by atoms with van der Waals surface area (Å²) in [6.45, 7) is 6.83. The molecule has 9 nitrogen and oxygen atoms in total. The molecule has 0 fully saturated rings. The molecule has 0 aliphatic carbocycles. The lowest BCUT2D eigenvalue weighted by atomic mass is 10.2. The van der Waals surface area contributed by atoms with E-state index in [1.165, 1.54) is 11.6 Å². The molecule has 0 spiro atoms. The molecule has 2 amide bonds. The second kappa shape index (κ2) is 7.36. The summed E-state index contributed by atoms with van der Waals surface area (Å²) in [5, 5.41) is 7.44. The lowest BCUT2D eigenvalue weighted by molar-refractivity contribution is -0.128. The molecule has 1 aromatic heterocycles. The van der Waals surface area contributed by atoms with Crippen molar-refractivity contribution in [3.05, 3.63) is 11.4 Å². The molecule has 21 heavy (non-hydrogen) atoms. The molecule has 0 radical (unpaired) electrons. The highest BCUT2D eigenvalue weighted by atomic mass is 16.5. The summed E-state index contributed by atoms with van der Waals surface area (Å²) in [5.74, 6) is -1.24. The van der Waals surface area contributed by atoms with E-state index in [1.54, 1.807) is 6.92 Å². The molecule has 1 aromatic rings. The number of carbonyl (C=O) groups excluding carboxylic acids is 3. The van der Waals surface area contributed by atoms with Crippen molar-refractivity contribution in [1.82, 2.24) is 25.8 Å². The summed E-state index contributed by atoms with van der Waals surface area (Å²) in [7, 11) is 0. The van der Waals surface area contributed by atoms with Crippen molar-refractivity contribution in [2.75, 3.05) is 6.61 Å². The van der Waals surface area contributed by atoms with E-state index in [-0.39, 0.29) is 24.8 Å². The molecule has 0 bridgehead atoms. The number of ether oxygens (including phenoxy) is 1. The van der Waals surface area contributed by atoms with Crippen LogP contribution in [0.2, 0.25) is 0 Å². The van der Waals surface area contributed by atoms with Crippen LogP contribution in [0, 0.1) is 12.8 Å². The first-order chi connectivity index (χ1) is 9.81. The normalized spacial score (nSPS) is 10.3. The first-order valence-electron chi connectivity index (χ1n) is 6.44. The van der Waals surface area contributed by atoms with Gasteiger partial charge in [0, 0.05) is 6.92 Å². The van der Waals surface area contributed by atoms with E-state index in [0.717, 1.165) is 0 Å². The quantitative estimate of drug-likeness (QED) is 0.562. The number of nitrogens with one attached hydrogen (secondary N) is 2. The highest BCUT2D eigenvalue weighted by molar-refractivity contribution is 5.88. The third kappa shape index (κ3) is 5.21. The van der Waals surface area contributed by atoms with Crippen molar-refractivity contribution in [2.45, 2.75) is 34.2 Å². The van der Waals surface area contributed by atoms with Crippen molar-refractivity contribution in [3.8, 4) is 0 Å². The maximum Gasteiger partial charge on any atom is 0.360 e. The predicted octanol–water partition coefficient (Wildman–Crippen LogP) is -0.433. The van der Waals surface area contributed by atoms with Crippen LogP contribution in [0.5, 0.6) is 0 Å². The number of aromatic nitrogens is 3. The molecule has 116 valence electrons. The molecule has 0 aliphatic heterocycles. The molecule has 9 heteroatoms. The van der Waals surface area contributed by atoms with Gasteiger partial charge in [-0.25, -0.2) is 9.48 Å². The Bertz CT molecular complexity index is 538. The summed E-state index contributed by atoms with van der Waals surface area (Å²) in [6.07, 6.45) is 0. The van der Waals surface area contributed by atoms with Crippen molar-refractivity contribution in [2.24, 2.45) is 5.92 Å². The molecule has 1 heterocycles. The van der Waals surface area contributed by atoms with Crippen molar-refractivity contribution in [1.29, 1.82) is 0 Å². The Labute approximate surface area is 122 Å². The SMILES string of the molecule is CC(=O)NNC(=O)Cn1nnc(C(=O)OCC(C)C)c1C. The highest BCUT2D eigenvalue weighted by Gasteiger charge is 2.19. The van der Waals surface area contributed by atoms with Gasteiger partial charge in [0.1, 0.15) is 6.54 Å². The fourth-order valence-corrected chi connectivity index (χ4v) is 1.34. The summed E-state index contributed by atoms with van der Waals surface area (Å²) in [5.41, 5.74) is 4.84. The second-order valence-corrected chi connectivity index (χ2v) is 4.90. The number of esters is 1. The maximum atomic E-state index is 11.8. The van der Waals surface area contributed by atoms with Crippen LogP contribution in [0.4, 0.5) is 0 Å². The zero-order valence-corrected chi connectivity index (χ0v) is 12.5. The monoisotopic (exact) mass is 297 g/mol. The predicted molar refractivity (Wildman–Crippen MR) is 71.8 cm³/mol. The largest absolute Gasteiger partial charge is 0.461 e. The van der Waals surface area contributed by atoms with E-state index in [1.807, 2.05) is 13.8 Å². The molecule has 0 unspecified atom stereocenters. The minimum atomic E-state index is -0.574. The van der Waals surface area contributed by atoms with E-state index >= 15 is 0 Å². The first-order valence-corrected chi connectivity index (χ1v) is 6.44. The number of hydrazine groups is 1. The van der Waals surface area contributed by atoms with Crippen molar-refractivity contribution >= 4 is 17.8 Å². The van der Waals surface area contributed by atoms with E-state index in [0.29, 0.717) is 5.69 Å². The van der Waals surface area contributed by atoms with Gasteiger partial charge in [0.15, 0.2) is 5.69 Å². The van der Waals surface area contributed by atoms with E-state index in [4.69, 9.17) is 4.74 Å². The molecule has 0 aliphatic rings. The molecule has 0 aromatic carbocycles. The minimum absolute atomic E-state index is 0.0722. The smallest absolute Gasteiger partial charge is 0.360 e. The van der Waals surface area contributed by atoms with Crippen LogP contribution in [0.3, 0.4) is 0 Å². The summed E-state index contributed by atoms with van der Waals surface area (Å²) in [6, 6.07) is 0.